The first kappa shape index (κ1) is 33.7. The Hall–Kier alpha value is -8.22. The third-order valence-corrected chi connectivity index (χ3v) is 12.2. The van der Waals surface area contributed by atoms with Gasteiger partial charge in [-0.1, -0.05) is 140 Å². The molecular formula is C55H33N3O3. The highest BCUT2D eigenvalue weighted by molar-refractivity contribution is 6.22. The SMILES string of the molecule is c1ccc(C2N=C(c3ccc4c(c3)oc3ccccc34)N=C(c3ccc(-c4cc(-c5cccc6oc7ccccc7c56)cc5oc6ccccc6c45)c4ccccc34)N2)cc1. The molecule has 6 nitrogen and oxygen atoms in total. The van der Waals surface area contributed by atoms with Crippen molar-refractivity contribution in [3.8, 4) is 22.3 Å². The summed E-state index contributed by atoms with van der Waals surface area (Å²) >= 11 is 0. The molecule has 0 amide bonds. The number of hydrogen-bond donors (Lipinski definition) is 1. The average molecular weight is 784 g/mol. The van der Waals surface area contributed by atoms with E-state index in [1.54, 1.807) is 0 Å². The van der Waals surface area contributed by atoms with Crippen LogP contribution in [0.2, 0.25) is 0 Å². The van der Waals surface area contributed by atoms with Crippen molar-refractivity contribution in [1.29, 1.82) is 0 Å². The number of nitrogens with zero attached hydrogens (tertiary/aromatic N) is 2. The van der Waals surface area contributed by atoms with Gasteiger partial charge in [0.15, 0.2) is 5.84 Å². The van der Waals surface area contributed by atoms with Crippen molar-refractivity contribution in [2.75, 3.05) is 0 Å². The summed E-state index contributed by atoms with van der Waals surface area (Å²) in [4.78, 5) is 10.5. The molecule has 6 heteroatoms. The summed E-state index contributed by atoms with van der Waals surface area (Å²) in [7, 11) is 0. The summed E-state index contributed by atoms with van der Waals surface area (Å²) in [5.74, 6) is 1.39. The topological polar surface area (TPSA) is 76.2 Å². The van der Waals surface area contributed by atoms with Crippen molar-refractivity contribution in [2.45, 2.75) is 6.17 Å². The lowest BCUT2D eigenvalue weighted by atomic mass is 9.89. The van der Waals surface area contributed by atoms with Crippen molar-refractivity contribution in [3.05, 3.63) is 205 Å². The van der Waals surface area contributed by atoms with Crippen LogP contribution in [0.5, 0.6) is 0 Å². The van der Waals surface area contributed by atoms with Crippen LogP contribution >= 0.6 is 0 Å². The molecule has 0 spiro atoms. The van der Waals surface area contributed by atoms with Crippen molar-refractivity contribution >= 4 is 88.3 Å². The van der Waals surface area contributed by atoms with Crippen LogP contribution in [-0.4, -0.2) is 11.7 Å². The zero-order valence-corrected chi connectivity index (χ0v) is 32.6. The Balaban J connectivity index is 1.01. The Bertz CT molecular complexity index is 3810. The maximum absolute atomic E-state index is 6.67. The molecule has 1 N–H and O–H groups in total. The van der Waals surface area contributed by atoms with Crippen LogP contribution in [0.15, 0.2) is 211 Å². The van der Waals surface area contributed by atoms with Gasteiger partial charge in [-0.25, -0.2) is 9.98 Å². The van der Waals surface area contributed by atoms with Crippen molar-refractivity contribution < 1.29 is 13.3 Å². The minimum absolute atomic E-state index is 0.358. The van der Waals surface area contributed by atoms with Gasteiger partial charge in [-0.2, -0.15) is 0 Å². The monoisotopic (exact) mass is 783 g/mol. The maximum atomic E-state index is 6.67. The fourth-order valence-corrected chi connectivity index (χ4v) is 9.36. The Morgan fingerprint density at radius 3 is 1.69 bits per heavy atom. The van der Waals surface area contributed by atoms with E-state index in [9.17, 15) is 0 Å². The highest BCUT2D eigenvalue weighted by Gasteiger charge is 2.25. The lowest BCUT2D eigenvalue weighted by molar-refractivity contribution is 0.667. The second kappa shape index (κ2) is 13.1. The highest BCUT2D eigenvalue weighted by Crippen LogP contribution is 2.45. The van der Waals surface area contributed by atoms with Gasteiger partial charge in [0.05, 0.1) is 0 Å². The van der Waals surface area contributed by atoms with Gasteiger partial charge in [-0.3, -0.25) is 0 Å². The third kappa shape index (κ3) is 5.29. The van der Waals surface area contributed by atoms with Crippen molar-refractivity contribution in [3.63, 3.8) is 0 Å². The molecule has 3 aromatic heterocycles. The number of rotatable bonds is 5. The van der Waals surface area contributed by atoms with Gasteiger partial charge in [0.1, 0.15) is 45.5 Å². The van der Waals surface area contributed by atoms with E-state index >= 15 is 0 Å². The minimum atomic E-state index is -0.358. The largest absolute Gasteiger partial charge is 0.456 e. The zero-order valence-electron chi connectivity index (χ0n) is 32.6. The van der Waals surface area contributed by atoms with Crippen LogP contribution < -0.4 is 5.32 Å². The van der Waals surface area contributed by atoms with E-state index in [0.717, 1.165) is 121 Å². The normalized spacial score (nSPS) is 14.4. The molecule has 13 rings (SSSR count). The number of aliphatic imine (C=N–C) groups is 2. The lowest BCUT2D eigenvalue weighted by Gasteiger charge is -2.24. The van der Waals surface area contributed by atoms with E-state index in [-0.39, 0.29) is 6.17 Å². The number of amidine groups is 2. The molecule has 0 aliphatic carbocycles. The summed E-state index contributed by atoms with van der Waals surface area (Å²) in [6.07, 6.45) is -0.358. The number of para-hydroxylation sites is 3. The Labute approximate surface area is 348 Å². The van der Waals surface area contributed by atoms with E-state index in [1.807, 2.05) is 66.7 Å². The standard InChI is InChI=1S/C55H33N3O3/c1-2-13-32(14-3-1)53-56-54(33-25-26-40-39-17-6-9-21-45(39)60-49(40)30-33)58-55(57-53)41-28-27-38(36-15-4-5-16-37(36)41)44-29-34(31-50-52(44)43-19-8-11-23-47(43)61-50)35-20-12-24-48-51(35)42-18-7-10-22-46(42)59-48/h1-31,53H,(H,56,57,58). The number of nitrogens with one attached hydrogen (secondary N) is 1. The molecule has 0 saturated heterocycles. The molecule has 12 aromatic rings. The van der Waals surface area contributed by atoms with Gasteiger partial charge in [0.25, 0.3) is 0 Å². The molecular weight excluding hydrogens is 751 g/mol. The molecule has 0 bridgehead atoms. The smallest absolute Gasteiger partial charge is 0.159 e. The molecule has 286 valence electrons. The zero-order chi connectivity index (χ0) is 40.0. The second-order valence-electron chi connectivity index (χ2n) is 15.7. The Morgan fingerprint density at radius 2 is 0.918 bits per heavy atom. The molecule has 9 aromatic carbocycles. The molecule has 0 fully saturated rings. The van der Waals surface area contributed by atoms with E-state index in [4.69, 9.17) is 23.2 Å². The van der Waals surface area contributed by atoms with Gasteiger partial charge in [0.2, 0.25) is 0 Å². The molecule has 1 atom stereocenters. The predicted molar refractivity (Wildman–Crippen MR) is 248 cm³/mol. The molecule has 0 radical (unpaired) electrons. The van der Waals surface area contributed by atoms with Crippen LogP contribution in [0.25, 0.3) is 98.8 Å². The molecule has 0 saturated carbocycles. The third-order valence-electron chi connectivity index (χ3n) is 12.2. The first-order valence-corrected chi connectivity index (χ1v) is 20.5. The van der Waals surface area contributed by atoms with Crippen LogP contribution in [-0.2, 0) is 0 Å². The predicted octanol–water partition coefficient (Wildman–Crippen LogP) is 14.4. The van der Waals surface area contributed by atoms with Gasteiger partial charge >= 0.3 is 0 Å². The maximum Gasteiger partial charge on any atom is 0.159 e. The summed E-state index contributed by atoms with van der Waals surface area (Å²) < 4.78 is 19.3. The van der Waals surface area contributed by atoms with Crippen LogP contribution in [0.3, 0.4) is 0 Å². The fourth-order valence-electron chi connectivity index (χ4n) is 9.36. The Morgan fingerprint density at radius 1 is 0.361 bits per heavy atom. The first-order valence-electron chi connectivity index (χ1n) is 20.5. The van der Waals surface area contributed by atoms with Crippen LogP contribution in [0.1, 0.15) is 22.9 Å². The van der Waals surface area contributed by atoms with Gasteiger partial charge in [-0.05, 0) is 87.1 Å². The van der Waals surface area contributed by atoms with Crippen molar-refractivity contribution in [2.24, 2.45) is 9.98 Å². The van der Waals surface area contributed by atoms with Gasteiger partial charge < -0.3 is 18.6 Å². The summed E-state index contributed by atoms with van der Waals surface area (Å²) in [5, 5.41) is 12.4. The fraction of sp³-hybridized carbons (Fsp3) is 0.0182. The molecule has 61 heavy (non-hydrogen) atoms. The van der Waals surface area contributed by atoms with Gasteiger partial charge in [0, 0.05) is 43.4 Å². The van der Waals surface area contributed by atoms with Crippen molar-refractivity contribution in [1.82, 2.24) is 5.32 Å². The highest BCUT2D eigenvalue weighted by atomic mass is 16.3. The summed E-state index contributed by atoms with van der Waals surface area (Å²) in [6.45, 7) is 0. The van der Waals surface area contributed by atoms with Crippen LogP contribution in [0.4, 0.5) is 0 Å². The summed E-state index contributed by atoms with van der Waals surface area (Å²) in [6, 6.07) is 65.1. The van der Waals surface area contributed by atoms with E-state index in [1.165, 1.54) is 0 Å². The quantitative estimate of drug-likeness (QED) is 0.189. The lowest BCUT2D eigenvalue weighted by Crippen LogP contribution is -2.33. The minimum Gasteiger partial charge on any atom is -0.456 e. The molecule has 1 aliphatic heterocycles. The van der Waals surface area contributed by atoms with E-state index < -0.39 is 0 Å². The van der Waals surface area contributed by atoms with Gasteiger partial charge in [-0.15, -0.1) is 0 Å². The molecule has 1 aliphatic rings. The van der Waals surface area contributed by atoms with Crippen LogP contribution in [0, 0.1) is 0 Å². The van der Waals surface area contributed by atoms with E-state index in [2.05, 4.69) is 127 Å². The first-order chi connectivity index (χ1) is 30.2. The molecule has 4 heterocycles. The molecule has 1 unspecified atom stereocenters. The number of fused-ring (bicyclic) bond motifs is 10. The van der Waals surface area contributed by atoms with E-state index in [0.29, 0.717) is 5.84 Å². The number of benzene rings is 9. The second-order valence-corrected chi connectivity index (χ2v) is 15.7. The average Bonchev–Trinajstić information content (AvgIpc) is 4.02. The number of furan rings is 3. The number of hydrogen-bond acceptors (Lipinski definition) is 6. The Kier molecular flexibility index (Phi) is 7.27. The summed E-state index contributed by atoms with van der Waals surface area (Å²) in [5.41, 5.74) is 12.3.